The summed E-state index contributed by atoms with van der Waals surface area (Å²) in [5.74, 6) is -4.87. The summed E-state index contributed by atoms with van der Waals surface area (Å²) >= 11 is 0. The van der Waals surface area contributed by atoms with Crippen LogP contribution in [0.1, 0.15) is 12.5 Å². The van der Waals surface area contributed by atoms with Crippen LogP contribution in [-0.4, -0.2) is 47.2 Å². The fourth-order valence-corrected chi connectivity index (χ4v) is 3.85. The Morgan fingerprint density at radius 1 is 1.24 bits per heavy atom. The van der Waals surface area contributed by atoms with Gasteiger partial charge in [-0.2, -0.15) is 13.2 Å². The molecule has 1 aromatic rings. The van der Waals surface area contributed by atoms with Crippen molar-refractivity contribution in [2.24, 2.45) is 17.8 Å². The second-order valence-corrected chi connectivity index (χ2v) is 6.85. The molecule has 3 aliphatic rings. The number of rotatable bonds is 4. The fourth-order valence-electron chi connectivity index (χ4n) is 3.85. The molecular formula is C19H19F3N2O5. The van der Waals surface area contributed by atoms with Crippen LogP contribution in [0.15, 0.2) is 36.4 Å². The van der Waals surface area contributed by atoms with Gasteiger partial charge in [0.1, 0.15) is 0 Å². The first kappa shape index (κ1) is 20.7. The number of anilines is 1. The number of carboxylic acid groups (broad SMARTS) is 1. The van der Waals surface area contributed by atoms with Gasteiger partial charge < -0.3 is 20.1 Å². The molecule has 1 aliphatic carbocycles. The van der Waals surface area contributed by atoms with Crippen LogP contribution in [0.25, 0.3) is 0 Å². The van der Waals surface area contributed by atoms with Crippen LogP contribution in [0.4, 0.5) is 23.7 Å². The highest BCUT2D eigenvalue weighted by atomic mass is 19.4. The number of fused-ring (bicyclic) bond motifs is 2. The van der Waals surface area contributed by atoms with Crippen molar-refractivity contribution in [2.75, 3.05) is 18.5 Å². The van der Waals surface area contributed by atoms with Crippen LogP contribution < -0.4 is 5.32 Å². The molecule has 2 heterocycles. The number of amides is 2. The molecule has 0 saturated carbocycles. The second-order valence-electron chi connectivity index (χ2n) is 6.85. The Kier molecular flexibility index (Phi) is 5.54. The van der Waals surface area contributed by atoms with E-state index in [1.54, 1.807) is 19.1 Å². The molecular weight excluding hydrogens is 393 g/mol. The highest BCUT2D eigenvalue weighted by molar-refractivity contribution is 5.96. The van der Waals surface area contributed by atoms with E-state index in [2.05, 4.69) is 5.32 Å². The maximum atomic E-state index is 12.9. The molecule has 1 aromatic carbocycles. The molecule has 29 heavy (non-hydrogen) atoms. The molecule has 2 aliphatic heterocycles. The quantitative estimate of drug-likeness (QED) is 0.742. The lowest BCUT2D eigenvalue weighted by molar-refractivity contribution is -0.153. The lowest BCUT2D eigenvalue weighted by Gasteiger charge is -2.48. The van der Waals surface area contributed by atoms with Crippen molar-refractivity contribution < 1.29 is 37.4 Å². The van der Waals surface area contributed by atoms with Gasteiger partial charge in [0.15, 0.2) is 0 Å². The number of nitrogens with zero attached hydrogens (tertiary/aromatic N) is 1. The van der Waals surface area contributed by atoms with Gasteiger partial charge in [-0.05, 0) is 25.1 Å². The summed E-state index contributed by atoms with van der Waals surface area (Å²) in [5.41, 5.74) is -1.01. The Labute approximate surface area is 164 Å². The van der Waals surface area contributed by atoms with Crippen LogP contribution in [0, 0.1) is 17.8 Å². The van der Waals surface area contributed by atoms with Crippen molar-refractivity contribution in [2.45, 2.75) is 19.1 Å². The first-order chi connectivity index (χ1) is 13.6. The number of carbonyl (C=O) groups excluding carboxylic acids is 2. The molecule has 0 aromatic heterocycles. The first-order valence-electron chi connectivity index (χ1n) is 8.96. The number of nitrogens with one attached hydrogen (secondary N) is 1. The number of carbonyl (C=O) groups is 3. The Bertz CT molecular complexity index is 854. The summed E-state index contributed by atoms with van der Waals surface area (Å²) in [6, 6.07) is 3.23. The molecule has 2 amide bonds. The van der Waals surface area contributed by atoms with E-state index < -0.39 is 53.5 Å². The molecule has 10 heteroatoms. The fraction of sp³-hybridized carbons (Fsp3) is 0.421. The standard InChI is InChI=1S/C19H19F3N2O5/c1-2-29-18(28)24-9-10-6-7-13(24)15(17(26)27)14(10)16(25)23-12-5-3-4-11(8-12)19(20,21)22/h3-8,10,13-15H,2,9H2,1H3,(H,23,25)(H,26,27). The number of carboxylic acids is 1. The summed E-state index contributed by atoms with van der Waals surface area (Å²) in [6.07, 6.45) is -2.03. The number of aliphatic carboxylic acids is 1. The van der Waals surface area contributed by atoms with Gasteiger partial charge >= 0.3 is 18.2 Å². The number of hydrogen-bond acceptors (Lipinski definition) is 4. The minimum atomic E-state index is -4.57. The smallest absolute Gasteiger partial charge is 0.416 e. The Balaban J connectivity index is 1.83. The van der Waals surface area contributed by atoms with E-state index in [0.29, 0.717) is 0 Å². The molecule has 0 spiro atoms. The summed E-state index contributed by atoms with van der Waals surface area (Å²) in [4.78, 5) is 38.1. The van der Waals surface area contributed by atoms with Crippen LogP contribution in [0.5, 0.6) is 0 Å². The molecule has 2 bridgehead atoms. The molecule has 156 valence electrons. The van der Waals surface area contributed by atoms with E-state index in [9.17, 15) is 32.7 Å². The molecule has 4 atom stereocenters. The van der Waals surface area contributed by atoms with Crippen molar-refractivity contribution in [1.82, 2.24) is 4.90 Å². The van der Waals surface area contributed by atoms with Gasteiger partial charge in [0.05, 0.1) is 30.0 Å². The molecule has 2 N–H and O–H groups in total. The van der Waals surface area contributed by atoms with Crippen molar-refractivity contribution in [3.8, 4) is 0 Å². The minimum Gasteiger partial charge on any atom is -0.481 e. The summed E-state index contributed by atoms with van der Waals surface area (Å²) < 4.78 is 43.6. The molecule has 1 saturated heterocycles. The molecule has 1 fully saturated rings. The van der Waals surface area contributed by atoms with E-state index in [4.69, 9.17) is 4.74 Å². The van der Waals surface area contributed by atoms with E-state index >= 15 is 0 Å². The number of hydrogen-bond donors (Lipinski definition) is 2. The average molecular weight is 412 g/mol. The van der Waals surface area contributed by atoms with Gasteiger partial charge in [-0.25, -0.2) is 4.79 Å². The number of benzene rings is 1. The van der Waals surface area contributed by atoms with Gasteiger partial charge in [-0.15, -0.1) is 0 Å². The van der Waals surface area contributed by atoms with Crippen LogP contribution in [0.2, 0.25) is 0 Å². The summed E-state index contributed by atoms with van der Waals surface area (Å²) in [7, 11) is 0. The third-order valence-electron chi connectivity index (χ3n) is 5.09. The first-order valence-corrected chi connectivity index (χ1v) is 8.96. The maximum absolute atomic E-state index is 12.9. The molecule has 4 rings (SSSR count). The van der Waals surface area contributed by atoms with Gasteiger partial charge in [-0.1, -0.05) is 18.2 Å². The lowest BCUT2D eigenvalue weighted by atomic mass is 9.68. The summed E-state index contributed by atoms with van der Waals surface area (Å²) in [5, 5.41) is 12.1. The van der Waals surface area contributed by atoms with Gasteiger partial charge in [-0.3, -0.25) is 9.59 Å². The number of piperidine rings is 1. The van der Waals surface area contributed by atoms with E-state index in [0.717, 1.165) is 18.2 Å². The van der Waals surface area contributed by atoms with Crippen molar-refractivity contribution in [3.63, 3.8) is 0 Å². The zero-order valence-electron chi connectivity index (χ0n) is 15.3. The van der Waals surface area contributed by atoms with E-state index in [-0.39, 0.29) is 18.8 Å². The monoisotopic (exact) mass is 412 g/mol. The van der Waals surface area contributed by atoms with Crippen molar-refractivity contribution in [3.05, 3.63) is 42.0 Å². The van der Waals surface area contributed by atoms with Gasteiger partial charge in [0.25, 0.3) is 0 Å². The number of halogens is 3. The van der Waals surface area contributed by atoms with Crippen LogP contribution in [-0.2, 0) is 20.5 Å². The van der Waals surface area contributed by atoms with Crippen LogP contribution in [0.3, 0.4) is 0 Å². The molecule has 0 radical (unpaired) electrons. The zero-order chi connectivity index (χ0) is 21.3. The Morgan fingerprint density at radius 3 is 2.59 bits per heavy atom. The number of ether oxygens (including phenoxy) is 1. The maximum Gasteiger partial charge on any atom is 0.416 e. The van der Waals surface area contributed by atoms with E-state index in [1.165, 1.54) is 11.0 Å². The highest BCUT2D eigenvalue weighted by Crippen LogP contribution is 2.41. The topological polar surface area (TPSA) is 95.9 Å². The third kappa shape index (κ3) is 4.06. The van der Waals surface area contributed by atoms with Gasteiger partial charge in [0.2, 0.25) is 5.91 Å². The van der Waals surface area contributed by atoms with E-state index in [1.807, 2.05) is 0 Å². The summed E-state index contributed by atoms with van der Waals surface area (Å²) in [6.45, 7) is 1.83. The second kappa shape index (κ2) is 7.76. The van der Waals surface area contributed by atoms with Gasteiger partial charge in [0, 0.05) is 18.2 Å². The van der Waals surface area contributed by atoms with Crippen LogP contribution >= 0.6 is 0 Å². The van der Waals surface area contributed by atoms with Crippen molar-refractivity contribution in [1.29, 1.82) is 0 Å². The zero-order valence-corrected chi connectivity index (χ0v) is 15.3. The largest absolute Gasteiger partial charge is 0.481 e. The average Bonchev–Trinajstić information content (AvgIpc) is 2.67. The highest BCUT2D eigenvalue weighted by Gasteiger charge is 2.53. The lowest BCUT2D eigenvalue weighted by Crippen LogP contribution is -2.61. The minimum absolute atomic E-state index is 0.0818. The third-order valence-corrected chi connectivity index (χ3v) is 5.09. The number of alkyl halides is 3. The predicted octanol–water partition coefficient (Wildman–Crippen LogP) is 2.99. The molecule has 7 nitrogen and oxygen atoms in total. The van der Waals surface area contributed by atoms with Crippen molar-refractivity contribution >= 4 is 23.7 Å². The predicted molar refractivity (Wildman–Crippen MR) is 94.8 cm³/mol. The Morgan fingerprint density at radius 2 is 1.97 bits per heavy atom. The SMILES string of the molecule is CCOC(=O)N1CC2C=CC1C(C(=O)O)C2C(=O)Nc1cccc(C(F)(F)F)c1. The normalized spacial score (nSPS) is 25.6. The Hall–Kier alpha value is -3.04. The molecule has 4 unspecified atom stereocenters.